The normalized spacial score (nSPS) is 23.9. The number of nitrogens with one attached hydrogen (secondary N) is 1. The largest absolute Gasteiger partial charge is 0.393 e. The van der Waals surface area contributed by atoms with Crippen molar-refractivity contribution >= 4 is 15.9 Å². The fraction of sp³-hybridized carbons (Fsp3) is 0.600. The van der Waals surface area contributed by atoms with Crippen molar-refractivity contribution in [3.8, 4) is 0 Å². The van der Waals surface area contributed by atoms with Crippen molar-refractivity contribution in [2.45, 2.75) is 51.4 Å². The molecule has 0 bridgehead atoms. The van der Waals surface area contributed by atoms with Crippen LogP contribution in [0.25, 0.3) is 0 Å². The molecule has 2 unspecified atom stereocenters. The Bertz CT molecular complexity index is 459. The standard InChI is InChI=1S/C15H19BrF3N/c1-10-8-11(6-7-13(10)16)9-20-14-5-3-2-4-12(14)15(17,18)19/h6-8,12,14,20H,2-5,9H2,1H3. The highest BCUT2D eigenvalue weighted by Gasteiger charge is 2.45. The summed E-state index contributed by atoms with van der Waals surface area (Å²) in [7, 11) is 0. The van der Waals surface area contributed by atoms with Gasteiger partial charge in [-0.3, -0.25) is 0 Å². The van der Waals surface area contributed by atoms with Gasteiger partial charge >= 0.3 is 6.18 Å². The number of aryl methyl sites for hydroxylation is 1. The summed E-state index contributed by atoms with van der Waals surface area (Å²) in [5.74, 6) is -1.20. The van der Waals surface area contributed by atoms with Gasteiger partial charge < -0.3 is 5.32 Å². The van der Waals surface area contributed by atoms with Gasteiger partial charge in [-0.15, -0.1) is 0 Å². The van der Waals surface area contributed by atoms with Crippen LogP contribution < -0.4 is 5.32 Å². The molecule has 1 aromatic rings. The van der Waals surface area contributed by atoms with E-state index in [0.717, 1.165) is 22.0 Å². The monoisotopic (exact) mass is 349 g/mol. The van der Waals surface area contributed by atoms with E-state index in [1.165, 1.54) is 0 Å². The van der Waals surface area contributed by atoms with Crippen LogP contribution in [0.2, 0.25) is 0 Å². The number of halogens is 4. The highest BCUT2D eigenvalue weighted by atomic mass is 79.9. The molecule has 0 spiro atoms. The van der Waals surface area contributed by atoms with Crippen molar-refractivity contribution in [1.82, 2.24) is 5.32 Å². The summed E-state index contributed by atoms with van der Waals surface area (Å²) >= 11 is 3.42. The van der Waals surface area contributed by atoms with Crippen LogP contribution in [-0.4, -0.2) is 12.2 Å². The van der Waals surface area contributed by atoms with E-state index >= 15 is 0 Å². The zero-order valence-corrected chi connectivity index (χ0v) is 13.0. The van der Waals surface area contributed by atoms with Crippen LogP contribution in [0.3, 0.4) is 0 Å². The third kappa shape index (κ3) is 3.98. The molecule has 0 aromatic heterocycles. The molecule has 0 saturated heterocycles. The molecule has 1 fully saturated rings. The summed E-state index contributed by atoms with van der Waals surface area (Å²) in [6.07, 6.45) is -1.67. The minimum absolute atomic E-state index is 0.251. The second-order valence-electron chi connectivity index (χ2n) is 5.50. The zero-order valence-electron chi connectivity index (χ0n) is 11.4. The van der Waals surface area contributed by atoms with Gasteiger partial charge in [0.05, 0.1) is 5.92 Å². The van der Waals surface area contributed by atoms with Crippen molar-refractivity contribution in [2.24, 2.45) is 5.92 Å². The van der Waals surface area contributed by atoms with E-state index < -0.39 is 18.1 Å². The van der Waals surface area contributed by atoms with Crippen molar-refractivity contribution in [3.05, 3.63) is 33.8 Å². The molecule has 112 valence electrons. The Morgan fingerprint density at radius 1 is 1.25 bits per heavy atom. The van der Waals surface area contributed by atoms with Gasteiger partial charge in [-0.25, -0.2) is 0 Å². The van der Waals surface area contributed by atoms with Crippen LogP contribution in [0.1, 0.15) is 36.8 Å². The maximum atomic E-state index is 13.0. The van der Waals surface area contributed by atoms with Crippen LogP contribution in [0.15, 0.2) is 22.7 Å². The Hall–Kier alpha value is -0.550. The van der Waals surface area contributed by atoms with Crippen LogP contribution in [0.4, 0.5) is 13.2 Å². The molecular formula is C15H19BrF3N. The number of alkyl halides is 3. The second kappa shape index (κ2) is 6.48. The summed E-state index contributed by atoms with van der Waals surface area (Å²) in [6.45, 7) is 2.47. The Morgan fingerprint density at radius 3 is 2.60 bits per heavy atom. The van der Waals surface area contributed by atoms with E-state index in [4.69, 9.17) is 0 Å². The molecule has 0 radical (unpaired) electrons. The third-order valence-corrected chi connectivity index (χ3v) is 4.87. The van der Waals surface area contributed by atoms with Gasteiger partial charge in [0.2, 0.25) is 0 Å². The maximum Gasteiger partial charge on any atom is 0.393 e. The molecule has 5 heteroatoms. The summed E-state index contributed by atoms with van der Waals surface area (Å²) in [5, 5.41) is 3.11. The average Bonchev–Trinajstić information content (AvgIpc) is 2.39. The molecule has 2 atom stereocenters. The first-order valence-electron chi connectivity index (χ1n) is 6.93. The van der Waals surface area contributed by atoms with Gasteiger partial charge in [-0.1, -0.05) is 40.9 Å². The SMILES string of the molecule is Cc1cc(CNC2CCCCC2C(F)(F)F)ccc1Br. The quantitative estimate of drug-likeness (QED) is 0.812. The van der Waals surface area contributed by atoms with E-state index in [1.807, 2.05) is 25.1 Å². The zero-order chi connectivity index (χ0) is 14.8. The molecule has 1 nitrogen and oxygen atoms in total. The topological polar surface area (TPSA) is 12.0 Å². The van der Waals surface area contributed by atoms with Crippen molar-refractivity contribution in [3.63, 3.8) is 0 Å². The van der Waals surface area contributed by atoms with Crippen LogP contribution >= 0.6 is 15.9 Å². The lowest BCUT2D eigenvalue weighted by Crippen LogP contribution is -2.45. The van der Waals surface area contributed by atoms with Gasteiger partial charge in [-0.2, -0.15) is 13.2 Å². The molecule has 20 heavy (non-hydrogen) atoms. The van der Waals surface area contributed by atoms with Crippen molar-refractivity contribution < 1.29 is 13.2 Å². The predicted molar refractivity (Wildman–Crippen MR) is 77.5 cm³/mol. The Kier molecular flexibility index (Phi) is 5.13. The number of benzene rings is 1. The van der Waals surface area contributed by atoms with Gasteiger partial charge in [0.1, 0.15) is 0 Å². The summed E-state index contributed by atoms with van der Waals surface area (Å²) in [6, 6.07) is 5.43. The molecule has 0 aliphatic heterocycles. The molecule has 0 heterocycles. The molecule has 1 aliphatic carbocycles. The van der Waals surface area contributed by atoms with Crippen molar-refractivity contribution in [2.75, 3.05) is 0 Å². The Morgan fingerprint density at radius 2 is 1.95 bits per heavy atom. The van der Waals surface area contributed by atoms with Crippen molar-refractivity contribution in [1.29, 1.82) is 0 Å². The van der Waals surface area contributed by atoms with E-state index in [0.29, 0.717) is 19.4 Å². The third-order valence-electron chi connectivity index (χ3n) is 3.98. The molecule has 1 aromatic carbocycles. The molecule has 0 amide bonds. The molecule has 1 N–H and O–H groups in total. The number of hydrogen-bond donors (Lipinski definition) is 1. The molecule has 2 rings (SSSR count). The fourth-order valence-electron chi connectivity index (χ4n) is 2.83. The maximum absolute atomic E-state index is 13.0. The lowest BCUT2D eigenvalue weighted by atomic mass is 9.84. The van der Waals surface area contributed by atoms with E-state index in [9.17, 15) is 13.2 Å². The van der Waals surface area contributed by atoms with E-state index in [-0.39, 0.29) is 6.42 Å². The van der Waals surface area contributed by atoms with Gasteiger partial charge in [0.25, 0.3) is 0 Å². The van der Waals surface area contributed by atoms with Gasteiger partial charge in [0.15, 0.2) is 0 Å². The van der Waals surface area contributed by atoms with Crippen LogP contribution in [-0.2, 0) is 6.54 Å². The second-order valence-corrected chi connectivity index (χ2v) is 6.36. The first kappa shape index (κ1) is 15.8. The average molecular weight is 350 g/mol. The summed E-state index contributed by atoms with van der Waals surface area (Å²) < 4.78 is 40.0. The Labute approximate surface area is 126 Å². The minimum Gasteiger partial charge on any atom is -0.309 e. The highest BCUT2D eigenvalue weighted by Crippen LogP contribution is 2.37. The molecule has 1 saturated carbocycles. The smallest absolute Gasteiger partial charge is 0.309 e. The number of rotatable bonds is 3. The highest BCUT2D eigenvalue weighted by molar-refractivity contribution is 9.10. The summed E-state index contributed by atoms with van der Waals surface area (Å²) in [5.41, 5.74) is 2.12. The first-order valence-corrected chi connectivity index (χ1v) is 7.72. The summed E-state index contributed by atoms with van der Waals surface area (Å²) in [4.78, 5) is 0. The van der Waals surface area contributed by atoms with E-state index in [1.54, 1.807) is 0 Å². The Balaban J connectivity index is 1.99. The lowest BCUT2D eigenvalue weighted by molar-refractivity contribution is -0.189. The van der Waals surface area contributed by atoms with Gasteiger partial charge in [-0.05, 0) is 37.0 Å². The lowest BCUT2D eigenvalue weighted by Gasteiger charge is -2.33. The minimum atomic E-state index is -4.09. The van der Waals surface area contributed by atoms with Crippen LogP contribution in [0, 0.1) is 12.8 Å². The first-order chi connectivity index (χ1) is 9.38. The van der Waals surface area contributed by atoms with Gasteiger partial charge in [0, 0.05) is 17.1 Å². The predicted octanol–water partition coefficient (Wildman–Crippen LogP) is 4.97. The van der Waals surface area contributed by atoms with E-state index in [2.05, 4.69) is 21.2 Å². The fourth-order valence-corrected chi connectivity index (χ4v) is 3.08. The number of hydrogen-bond acceptors (Lipinski definition) is 1. The molecule has 1 aliphatic rings. The molecular weight excluding hydrogens is 331 g/mol. The van der Waals surface area contributed by atoms with Crippen LogP contribution in [0.5, 0.6) is 0 Å².